The van der Waals surface area contributed by atoms with Gasteiger partial charge in [-0.05, 0) is 19.9 Å². The van der Waals surface area contributed by atoms with Gasteiger partial charge in [-0.2, -0.15) is 4.98 Å². The van der Waals surface area contributed by atoms with Crippen LogP contribution < -0.4 is 5.73 Å². The summed E-state index contributed by atoms with van der Waals surface area (Å²) in [6.45, 7) is 3.51. The predicted octanol–water partition coefficient (Wildman–Crippen LogP) is 1.08. The lowest BCUT2D eigenvalue weighted by Crippen LogP contribution is -2.31. The Morgan fingerprint density at radius 3 is 2.83 bits per heavy atom. The maximum atomic E-state index is 9.56. The number of anilines is 1. The van der Waals surface area contributed by atoms with Crippen molar-refractivity contribution in [2.24, 2.45) is 0 Å². The van der Waals surface area contributed by atoms with Gasteiger partial charge in [-0.3, -0.25) is 0 Å². The van der Waals surface area contributed by atoms with Crippen molar-refractivity contribution < 1.29 is 19.3 Å². The molecule has 0 bridgehead atoms. The average molecular weight is 341 g/mol. The second-order valence-corrected chi connectivity index (χ2v) is 6.50. The first kappa shape index (κ1) is 15.1. The van der Waals surface area contributed by atoms with Crippen LogP contribution in [0.5, 0.6) is 0 Å². The van der Waals surface area contributed by atoms with Gasteiger partial charge >= 0.3 is 0 Å². The highest BCUT2D eigenvalue weighted by atomic mass is 35.5. The van der Waals surface area contributed by atoms with E-state index in [9.17, 15) is 5.11 Å². The molecule has 23 heavy (non-hydrogen) atoms. The van der Waals surface area contributed by atoms with Gasteiger partial charge < -0.3 is 29.6 Å². The first-order valence-electron chi connectivity index (χ1n) is 7.31. The minimum absolute atomic E-state index is 0.0830. The number of aromatic nitrogens is 3. The molecule has 0 aromatic carbocycles. The van der Waals surface area contributed by atoms with Crippen molar-refractivity contribution in [1.82, 2.24) is 14.5 Å². The van der Waals surface area contributed by atoms with E-state index in [1.54, 1.807) is 16.8 Å². The second kappa shape index (κ2) is 5.02. The molecule has 2 saturated heterocycles. The van der Waals surface area contributed by atoms with Crippen LogP contribution >= 0.6 is 11.6 Å². The minimum atomic E-state index is -0.737. The Labute approximate surface area is 137 Å². The number of nitrogen functional groups attached to an aromatic ring is 1. The van der Waals surface area contributed by atoms with Crippen LogP contribution in [-0.4, -0.2) is 50.3 Å². The van der Waals surface area contributed by atoms with Crippen LogP contribution in [0.1, 0.15) is 20.1 Å². The molecule has 4 atom stereocenters. The van der Waals surface area contributed by atoms with Crippen molar-refractivity contribution in [2.45, 2.75) is 44.2 Å². The second-order valence-electron chi connectivity index (χ2n) is 6.15. The van der Waals surface area contributed by atoms with Crippen molar-refractivity contribution in [1.29, 1.82) is 0 Å². The predicted molar refractivity (Wildman–Crippen MR) is 81.8 cm³/mol. The number of nitrogens with two attached hydrogens (primary N) is 1. The molecule has 2 aliphatic heterocycles. The Bertz CT molecular complexity index is 765. The van der Waals surface area contributed by atoms with Crippen molar-refractivity contribution in [3.63, 3.8) is 0 Å². The van der Waals surface area contributed by atoms with E-state index in [0.717, 1.165) is 0 Å². The van der Waals surface area contributed by atoms with Gasteiger partial charge in [-0.25, -0.2) is 4.98 Å². The van der Waals surface area contributed by atoms with Crippen LogP contribution in [0.25, 0.3) is 11.0 Å². The molecule has 0 saturated carbocycles. The summed E-state index contributed by atoms with van der Waals surface area (Å²) >= 11 is 6.11. The third-order valence-corrected chi connectivity index (χ3v) is 4.41. The van der Waals surface area contributed by atoms with Crippen LogP contribution in [-0.2, 0) is 14.2 Å². The van der Waals surface area contributed by atoms with Crippen LogP contribution in [0.2, 0.25) is 5.15 Å². The zero-order valence-corrected chi connectivity index (χ0v) is 13.4. The van der Waals surface area contributed by atoms with Crippen molar-refractivity contribution >= 4 is 28.6 Å². The minimum Gasteiger partial charge on any atom is -0.394 e. The molecule has 2 fully saturated rings. The van der Waals surface area contributed by atoms with Crippen molar-refractivity contribution in [2.75, 3.05) is 12.3 Å². The van der Waals surface area contributed by atoms with Gasteiger partial charge in [0.05, 0.1) is 12.0 Å². The van der Waals surface area contributed by atoms with E-state index in [1.165, 1.54) is 0 Å². The first-order valence-corrected chi connectivity index (χ1v) is 7.69. The van der Waals surface area contributed by atoms with Gasteiger partial charge in [0.2, 0.25) is 5.95 Å². The smallest absolute Gasteiger partial charge is 0.223 e. The van der Waals surface area contributed by atoms with Crippen molar-refractivity contribution in [3.8, 4) is 0 Å². The summed E-state index contributed by atoms with van der Waals surface area (Å²) in [6.07, 6.45) is 0.0985. The Morgan fingerprint density at radius 1 is 1.35 bits per heavy atom. The van der Waals surface area contributed by atoms with E-state index in [0.29, 0.717) is 11.0 Å². The molecule has 4 heterocycles. The summed E-state index contributed by atoms with van der Waals surface area (Å²) in [5, 5.41) is 10.5. The summed E-state index contributed by atoms with van der Waals surface area (Å²) in [4.78, 5) is 8.19. The van der Waals surface area contributed by atoms with E-state index in [2.05, 4.69) is 9.97 Å². The SMILES string of the molecule is CC1(C)O[C@@H]2[C@H](O1)[C@@H](CO)O[C@H]2n1ccc2c(Cl)nc(N)nc21. The molecule has 0 aliphatic carbocycles. The molecule has 8 nitrogen and oxygen atoms in total. The summed E-state index contributed by atoms with van der Waals surface area (Å²) in [5.41, 5.74) is 6.25. The van der Waals surface area contributed by atoms with Crippen LogP contribution in [0.15, 0.2) is 12.3 Å². The highest BCUT2D eigenvalue weighted by molar-refractivity contribution is 6.34. The average Bonchev–Trinajstić information content (AvgIpc) is 3.09. The molecule has 9 heteroatoms. The number of nitrogens with zero attached hydrogens (tertiary/aromatic N) is 3. The Kier molecular flexibility index (Phi) is 3.30. The quantitative estimate of drug-likeness (QED) is 0.788. The Hall–Kier alpha value is -1.45. The number of hydrogen-bond donors (Lipinski definition) is 2. The number of aliphatic hydroxyl groups is 1. The summed E-state index contributed by atoms with van der Waals surface area (Å²) in [6, 6.07) is 1.79. The van der Waals surface area contributed by atoms with Gasteiger partial charge in [0.1, 0.15) is 29.1 Å². The fourth-order valence-corrected chi connectivity index (χ4v) is 3.48. The third kappa shape index (κ3) is 2.29. The largest absolute Gasteiger partial charge is 0.394 e. The summed E-state index contributed by atoms with van der Waals surface area (Å²) < 4.78 is 19.5. The molecule has 2 aromatic rings. The number of fused-ring (bicyclic) bond motifs is 2. The van der Waals surface area contributed by atoms with E-state index in [1.807, 2.05) is 13.8 Å². The lowest BCUT2D eigenvalue weighted by atomic mass is 10.1. The molecular formula is C14H17ClN4O4. The standard InChI is InChI=1S/C14H17ClN4O4/c1-14(2)22-8-7(5-20)21-12(9(8)23-14)19-4-3-6-10(15)17-13(16)18-11(6)19/h3-4,7-9,12,20H,5H2,1-2H3,(H2,16,17,18)/t7-,8-,9-,12-/m1/s1. The van der Waals surface area contributed by atoms with Gasteiger partial charge in [0.25, 0.3) is 0 Å². The maximum absolute atomic E-state index is 9.56. The Morgan fingerprint density at radius 2 is 2.09 bits per heavy atom. The molecule has 2 aromatic heterocycles. The molecule has 4 rings (SSSR count). The molecule has 0 radical (unpaired) electrons. The fourth-order valence-electron chi connectivity index (χ4n) is 3.25. The summed E-state index contributed by atoms with van der Waals surface area (Å²) in [5.74, 6) is -0.654. The molecule has 0 spiro atoms. The highest BCUT2D eigenvalue weighted by Gasteiger charge is 2.55. The molecule has 3 N–H and O–H groups in total. The topological polar surface area (TPSA) is 105 Å². The van der Waals surface area contributed by atoms with E-state index >= 15 is 0 Å². The number of hydrogen-bond acceptors (Lipinski definition) is 7. The van der Waals surface area contributed by atoms with Crippen LogP contribution in [0.3, 0.4) is 0 Å². The van der Waals surface area contributed by atoms with E-state index in [-0.39, 0.29) is 29.9 Å². The van der Waals surface area contributed by atoms with Crippen LogP contribution in [0.4, 0.5) is 5.95 Å². The van der Waals surface area contributed by atoms with Gasteiger partial charge in [-0.15, -0.1) is 0 Å². The van der Waals surface area contributed by atoms with E-state index in [4.69, 9.17) is 31.5 Å². The van der Waals surface area contributed by atoms with Crippen molar-refractivity contribution in [3.05, 3.63) is 17.4 Å². The zero-order chi connectivity index (χ0) is 16.4. The monoisotopic (exact) mass is 340 g/mol. The number of ether oxygens (including phenoxy) is 3. The van der Waals surface area contributed by atoms with E-state index < -0.39 is 18.1 Å². The zero-order valence-electron chi connectivity index (χ0n) is 12.6. The van der Waals surface area contributed by atoms with Crippen LogP contribution in [0, 0.1) is 0 Å². The highest BCUT2D eigenvalue weighted by Crippen LogP contribution is 2.44. The normalized spacial score (nSPS) is 32.5. The molecule has 124 valence electrons. The fraction of sp³-hybridized carbons (Fsp3) is 0.571. The lowest BCUT2D eigenvalue weighted by molar-refractivity contribution is -0.199. The van der Waals surface area contributed by atoms with Gasteiger partial charge in [0, 0.05) is 6.20 Å². The maximum Gasteiger partial charge on any atom is 0.223 e. The number of aliphatic hydroxyl groups excluding tert-OH is 1. The van der Waals surface area contributed by atoms with Gasteiger partial charge in [0.15, 0.2) is 12.0 Å². The number of rotatable bonds is 2. The van der Waals surface area contributed by atoms with Gasteiger partial charge in [-0.1, -0.05) is 11.6 Å². The molecule has 0 unspecified atom stereocenters. The molecular weight excluding hydrogens is 324 g/mol. The number of halogens is 1. The third-order valence-electron chi connectivity index (χ3n) is 4.12. The lowest BCUT2D eigenvalue weighted by Gasteiger charge is -2.24. The Balaban J connectivity index is 1.79. The molecule has 2 aliphatic rings. The summed E-state index contributed by atoms with van der Waals surface area (Å²) in [7, 11) is 0. The molecule has 0 amide bonds. The first-order chi connectivity index (χ1) is 10.9.